The number of phenols is 1. The third-order valence-electron chi connectivity index (χ3n) is 4.60. The highest BCUT2D eigenvalue weighted by Crippen LogP contribution is 2.44. The standard InChI is InChI=1S/C20H28O/c1-5-6-7-8-16-9-10-17(20(21)13-16)19-12-15(4)11-18(19)14(2)3/h9-10,12-13,18-19,21H,2,5-8,11H2,1,3-4H3/t18-,19-/m0/s1. The van der Waals surface area contributed by atoms with Gasteiger partial charge >= 0.3 is 0 Å². The highest BCUT2D eigenvalue weighted by atomic mass is 16.3. The molecule has 1 aromatic rings. The zero-order valence-corrected chi connectivity index (χ0v) is 13.7. The van der Waals surface area contributed by atoms with Crippen LogP contribution >= 0.6 is 0 Å². The van der Waals surface area contributed by atoms with Crippen LogP contribution in [0.2, 0.25) is 0 Å². The van der Waals surface area contributed by atoms with Gasteiger partial charge in [0, 0.05) is 11.5 Å². The number of phenolic OH excluding ortho intramolecular Hbond substituents is 1. The van der Waals surface area contributed by atoms with E-state index in [2.05, 4.69) is 45.6 Å². The number of benzene rings is 1. The molecule has 0 saturated heterocycles. The van der Waals surface area contributed by atoms with Gasteiger partial charge < -0.3 is 5.11 Å². The summed E-state index contributed by atoms with van der Waals surface area (Å²) < 4.78 is 0. The van der Waals surface area contributed by atoms with Gasteiger partial charge in [-0.2, -0.15) is 0 Å². The number of allylic oxidation sites excluding steroid dienone is 3. The van der Waals surface area contributed by atoms with Crippen LogP contribution in [0.25, 0.3) is 0 Å². The van der Waals surface area contributed by atoms with Gasteiger partial charge in [-0.1, -0.05) is 55.7 Å². The van der Waals surface area contributed by atoms with E-state index in [4.69, 9.17) is 0 Å². The van der Waals surface area contributed by atoms with Crippen LogP contribution in [-0.4, -0.2) is 5.11 Å². The van der Waals surface area contributed by atoms with Crippen LogP contribution in [-0.2, 0) is 6.42 Å². The molecule has 0 unspecified atom stereocenters. The van der Waals surface area contributed by atoms with Gasteiger partial charge in [-0.05, 0) is 50.7 Å². The van der Waals surface area contributed by atoms with Gasteiger partial charge in [0.15, 0.2) is 0 Å². The maximum Gasteiger partial charge on any atom is 0.119 e. The lowest BCUT2D eigenvalue weighted by Gasteiger charge is -2.21. The van der Waals surface area contributed by atoms with Crippen LogP contribution in [0.4, 0.5) is 0 Å². The summed E-state index contributed by atoms with van der Waals surface area (Å²) in [5.74, 6) is 1.17. The summed E-state index contributed by atoms with van der Waals surface area (Å²) >= 11 is 0. The van der Waals surface area contributed by atoms with Gasteiger partial charge in [0.05, 0.1) is 0 Å². The van der Waals surface area contributed by atoms with E-state index in [1.165, 1.54) is 36.0 Å². The summed E-state index contributed by atoms with van der Waals surface area (Å²) in [6.07, 6.45) is 8.11. The lowest BCUT2D eigenvalue weighted by molar-refractivity contribution is 0.456. The zero-order valence-electron chi connectivity index (χ0n) is 13.7. The summed E-state index contributed by atoms with van der Waals surface area (Å²) in [6.45, 7) is 10.6. The quantitative estimate of drug-likeness (QED) is 0.521. The summed E-state index contributed by atoms with van der Waals surface area (Å²) in [4.78, 5) is 0. The number of rotatable bonds is 6. The predicted octanol–water partition coefficient (Wildman–Crippen LogP) is 5.75. The van der Waals surface area contributed by atoms with E-state index >= 15 is 0 Å². The minimum atomic E-state index is 0.284. The molecule has 114 valence electrons. The molecule has 1 N–H and O–H groups in total. The SMILES string of the molecule is C=C(C)[C@@H]1CC(C)=C[C@H]1c1ccc(CCCCC)cc1O. The van der Waals surface area contributed by atoms with Gasteiger partial charge in [-0.3, -0.25) is 0 Å². The first-order chi connectivity index (χ1) is 10.0. The van der Waals surface area contributed by atoms with Crippen LogP contribution in [0.1, 0.15) is 63.5 Å². The van der Waals surface area contributed by atoms with Crippen molar-refractivity contribution in [2.75, 3.05) is 0 Å². The number of hydrogen-bond donors (Lipinski definition) is 1. The third-order valence-corrected chi connectivity index (χ3v) is 4.60. The van der Waals surface area contributed by atoms with Gasteiger partial charge in [-0.25, -0.2) is 0 Å². The molecule has 0 aromatic heterocycles. The van der Waals surface area contributed by atoms with Crippen molar-refractivity contribution in [2.45, 2.75) is 58.8 Å². The second kappa shape index (κ2) is 6.98. The first kappa shape index (κ1) is 15.9. The average Bonchev–Trinajstić information content (AvgIpc) is 2.81. The number of hydrogen-bond acceptors (Lipinski definition) is 1. The Hall–Kier alpha value is -1.50. The summed E-state index contributed by atoms with van der Waals surface area (Å²) in [5.41, 5.74) is 4.91. The maximum atomic E-state index is 10.4. The Balaban J connectivity index is 2.18. The van der Waals surface area contributed by atoms with Crippen LogP contribution in [0.3, 0.4) is 0 Å². The van der Waals surface area contributed by atoms with Gasteiger partial charge in [0.2, 0.25) is 0 Å². The summed E-state index contributed by atoms with van der Waals surface area (Å²) in [5, 5.41) is 10.4. The normalized spacial score (nSPS) is 21.4. The predicted molar refractivity (Wildman–Crippen MR) is 90.8 cm³/mol. The van der Waals surface area contributed by atoms with E-state index in [0.29, 0.717) is 11.7 Å². The molecule has 0 saturated carbocycles. The Kier molecular flexibility index (Phi) is 5.27. The lowest BCUT2D eigenvalue weighted by atomic mass is 9.83. The van der Waals surface area contributed by atoms with E-state index in [1.807, 2.05) is 6.07 Å². The van der Waals surface area contributed by atoms with Crippen molar-refractivity contribution in [1.82, 2.24) is 0 Å². The number of aromatic hydroxyl groups is 1. The Bertz CT molecular complexity index is 539. The second-order valence-corrected chi connectivity index (χ2v) is 6.55. The molecule has 0 fully saturated rings. The smallest absolute Gasteiger partial charge is 0.119 e. The van der Waals surface area contributed by atoms with Gasteiger partial charge in [0.1, 0.15) is 5.75 Å². The van der Waals surface area contributed by atoms with Crippen LogP contribution in [0.5, 0.6) is 5.75 Å². The van der Waals surface area contributed by atoms with E-state index in [0.717, 1.165) is 18.4 Å². The summed E-state index contributed by atoms with van der Waals surface area (Å²) in [6, 6.07) is 6.26. The Labute approximate surface area is 129 Å². The van der Waals surface area contributed by atoms with Crippen molar-refractivity contribution in [1.29, 1.82) is 0 Å². The molecule has 0 heterocycles. The minimum Gasteiger partial charge on any atom is -0.508 e. The fourth-order valence-electron chi connectivity index (χ4n) is 3.36. The molecule has 0 aliphatic heterocycles. The van der Waals surface area contributed by atoms with Crippen molar-refractivity contribution in [3.8, 4) is 5.75 Å². The zero-order chi connectivity index (χ0) is 15.4. The molecule has 1 aliphatic rings. The molecule has 0 amide bonds. The first-order valence-corrected chi connectivity index (χ1v) is 8.17. The number of aryl methyl sites for hydroxylation is 1. The average molecular weight is 284 g/mol. The molecule has 0 spiro atoms. The first-order valence-electron chi connectivity index (χ1n) is 8.17. The van der Waals surface area contributed by atoms with E-state index in [-0.39, 0.29) is 5.92 Å². The molecular weight excluding hydrogens is 256 g/mol. The Morgan fingerprint density at radius 1 is 1.33 bits per heavy atom. The topological polar surface area (TPSA) is 20.2 Å². The highest BCUT2D eigenvalue weighted by molar-refractivity contribution is 5.44. The molecule has 2 atom stereocenters. The van der Waals surface area contributed by atoms with Gasteiger partial charge in [-0.15, -0.1) is 0 Å². The van der Waals surface area contributed by atoms with Gasteiger partial charge in [0.25, 0.3) is 0 Å². The van der Waals surface area contributed by atoms with E-state index in [9.17, 15) is 5.11 Å². The summed E-state index contributed by atoms with van der Waals surface area (Å²) in [7, 11) is 0. The fourth-order valence-corrected chi connectivity index (χ4v) is 3.36. The van der Waals surface area contributed by atoms with Crippen LogP contribution in [0, 0.1) is 5.92 Å². The largest absolute Gasteiger partial charge is 0.508 e. The molecule has 1 nitrogen and oxygen atoms in total. The second-order valence-electron chi connectivity index (χ2n) is 6.55. The molecule has 0 radical (unpaired) electrons. The Morgan fingerprint density at radius 2 is 2.10 bits per heavy atom. The van der Waals surface area contributed by atoms with Crippen LogP contribution < -0.4 is 0 Å². The molecule has 1 aromatic carbocycles. The maximum absolute atomic E-state index is 10.4. The molecule has 1 heteroatoms. The molecular formula is C20H28O. The minimum absolute atomic E-state index is 0.284. The fraction of sp³-hybridized carbons (Fsp3) is 0.500. The van der Waals surface area contributed by atoms with Crippen molar-refractivity contribution in [3.05, 3.63) is 53.1 Å². The third kappa shape index (κ3) is 3.78. The van der Waals surface area contributed by atoms with Crippen molar-refractivity contribution in [2.24, 2.45) is 5.92 Å². The Morgan fingerprint density at radius 3 is 2.71 bits per heavy atom. The molecule has 2 rings (SSSR count). The van der Waals surface area contributed by atoms with E-state index < -0.39 is 0 Å². The lowest BCUT2D eigenvalue weighted by Crippen LogP contribution is -2.08. The van der Waals surface area contributed by atoms with Crippen molar-refractivity contribution < 1.29 is 5.11 Å². The molecule has 1 aliphatic carbocycles. The van der Waals surface area contributed by atoms with Crippen molar-refractivity contribution >= 4 is 0 Å². The van der Waals surface area contributed by atoms with Crippen molar-refractivity contribution in [3.63, 3.8) is 0 Å². The van der Waals surface area contributed by atoms with E-state index in [1.54, 1.807) is 0 Å². The highest BCUT2D eigenvalue weighted by Gasteiger charge is 2.29. The monoisotopic (exact) mass is 284 g/mol. The molecule has 0 bridgehead atoms. The van der Waals surface area contributed by atoms with Crippen LogP contribution in [0.15, 0.2) is 42.0 Å². The number of unbranched alkanes of at least 4 members (excludes halogenated alkanes) is 2. The molecule has 21 heavy (non-hydrogen) atoms.